The summed E-state index contributed by atoms with van der Waals surface area (Å²) in [6.07, 6.45) is -0.120. The molecule has 0 aromatic heterocycles. The van der Waals surface area contributed by atoms with Gasteiger partial charge in [-0.1, -0.05) is 59.6 Å². The van der Waals surface area contributed by atoms with Crippen molar-refractivity contribution >= 4 is 36.7 Å². The van der Waals surface area contributed by atoms with Crippen molar-refractivity contribution in [3.05, 3.63) is 69.7 Å². The molecule has 0 radical (unpaired) electrons. The van der Waals surface area contributed by atoms with Crippen molar-refractivity contribution in [3.8, 4) is 0 Å². The number of nitrogens with one attached hydrogen (secondary N) is 1. The third-order valence-electron chi connectivity index (χ3n) is 3.76. The second-order valence-corrected chi connectivity index (χ2v) is 9.20. The Morgan fingerprint density at radius 3 is 2.44 bits per heavy atom. The lowest BCUT2D eigenvalue weighted by Gasteiger charge is -2.16. The van der Waals surface area contributed by atoms with Gasteiger partial charge >= 0.3 is 0 Å². The zero-order chi connectivity index (χ0) is 18.4. The number of hydrogen-bond donors (Lipinski definition) is 3. The first-order chi connectivity index (χ1) is 11.8. The monoisotopic (exact) mass is 400 g/mol. The molecule has 0 spiro atoms. The van der Waals surface area contributed by atoms with E-state index in [0.717, 1.165) is 11.1 Å². The fraction of sp³-hybridized carbons (Fsp3) is 0.278. The van der Waals surface area contributed by atoms with Gasteiger partial charge < -0.3 is 5.32 Å². The molecule has 1 atom stereocenters. The number of Topliss-reactive ketones (excluding diaryl/α,β-unsaturated/α-hetero) is 1. The Kier molecular flexibility index (Phi) is 7.38. The molecule has 25 heavy (non-hydrogen) atoms. The van der Waals surface area contributed by atoms with Crippen LogP contribution < -0.4 is 5.32 Å². The van der Waals surface area contributed by atoms with Crippen molar-refractivity contribution in [3.63, 3.8) is 0 Å². The number of hydrogen-bond acceptors (Lipinski definition) is 4. The van der Waals surface area contributed by atoms with Gasteiger partial charge in [0.15, 0.2) is 11.9 Å². The molecule has 7 heteroatoms. The summed E-state index contributed by atoms with van der Waals surface area (Å²) in [6.45, 7) is 1.95. The largest absolute Gasteiger partial charge is 0.303 e. The first kappa shape index (κ1) is 20.3. The van der Waals surface area contributed by atoms with Crippen molar-refractivity contribution in [2.45, 2.75) is 19.1 Å². The molecule has 2 rings (SSSR count). The van der Waals surface area contributed by atoms with Crippen LogP contribution >= 0.6 is 30.9 Å². The highest BCUT2D eigenvalue weighted by molar-refractivity contribution is 7.64. The van der Waals surface area contributed by atoms with Crippen LogP contribution in [0.25, 0.3) is 0 Å². The predicted molar refractivity (Wildman–Crippen MR) is 104 cm³/mol. The average molecular weight is 401 g/mol. The number of rotatable bonds is 8. The van der Waals surface area contributed by atoms with Crippen LogP contribution in [-0.2, 0) is 11.0 Å². The highest BCUT2D eigenvalue weighted by Crippen LogP contribution is 2.52. The summed E-state index contributed by atoms with van der Waals surface area (Å²) in [5, 5.41) is 4.01. The van der Waals surface area contributed by atoms with E-state index in [4.69, 9.17) is 23.2 Å². The van der Waals surface area contributed by atoms with Gasteiger partial charge in [0.1, 0.15) is 6.16 Å². The highest BCUT2D eigenvalue weighted by atomic mass is 35.5. The van der Waals surface area contributed by atoms with Crippen molar-refractivity contribution in [1.82, 2.24) is 5.32 Å². The standard InChI is InChI=1S/C18H21Cl2NO3P/c1-13(15-7-8-17(19)18(20)9-15)21-10-16(22)12-25(23,24)11-14-5-3-2-4-6-14/h2-9,13,21,23-24H,10-12H2,1H3/q+1/t13-/m0/s1. The topological polar surface area (TPSA) is 69.6 Å². The predicted octanol–water partition coefficient (Wildman–Crippen LogP) is 4.25. The highest BCUT2D eigenvalue weighted by Gasteiger charge is 2.36. The van der Waals surface area contributed by atoms with E-state index in [-0.39, 0.29) is 30.7 Å². The van der Waals surface area contributed by atoms with Crippen LogP contribution in [0.3, 0.4) is 0 Å². The molecule has 0 saturated carbocycles. The van der Waals surface area contributed by atoms with Crippen LogP contribution in [0.5, 0.6) is 0 Å². The van der Waals surface area contributed by atoms with E-state index in [9.17, 15) is 14.6 Å². The molecule has 2 aromatic rings. The van der Waals surface area contributed by atoms with Gasteiger partial charge in [0.05, 0.1) is 16.6 Å². The van der Waals surface area contributed by atoms with Crippen molar-refractivity contribution in [2.75, 3.05) is 12.7 Å². The van der Waals surface area contributed by atoms with Crippen LogP contribution in [0.4, 0.5) is 0 Å². The van der Waals surface area contributed by atoms with Gasteiger partial charge in [-0.2, -0.15) is 0 Å². The van der Waals surface area contributed by atoms with Crippen molar-refractivity contribution in [2.24, 2.45) is 0 Å². The molecule has 0 aliphatic carbocycles. The third-order valence-corrected chi connectivity index (χ3v) is 6.23. The summed E-state index contributed by atoms with van der Waals surface area (Å²) >= 11 is 11.9. The van der Waals surface area contributed by atoms with Gasteiger partial charge in [-0.05, 0) is 30.2 Å². The lowest BCUT2D eigenvalue weighted by molar-refractivity contribution is -0.116. The Labute approximate surface area is 158 Å². The number of ketones is 1. The van der Waals surface area contributed by atoms with Crippen molar-refractivity contribution < 1.29 is 14.6 Å². The van der Waals surface area contributed by atoms with E-state index in [1.807, 2.05) is 43.3 Å². The number of carbonyl (C=O) groups excluding carboxylic acids is 1. The summed E-state index contributed by atoms with van der Waals surface area (Å²) in [6, 6.07) is 14.3. The molecule has 0 aliphatic rings. The van der Waals surface area contributed by atoms with Gasteiger partial charge in [0, 0.05) is 6.04 Å². The molecule has 0 saturated heterocycles. The molecule has 2 aromatic carbocycles. The Bertz CT molecular complexity index is 726. The van der Waals surface area contributed by atoms with E-state index >= 15 is 0 Å². The lowest BCUT2D eigenvalue weighted by atomic mass is 10.1. The molecule has 134 valence electrons. The van der Waals surface area contributed by atoms with Gasteiger partial charge in [0.2, 0.25) is 0 Å². The Hall–Kier alpha value is -1.000. The third kappa shape index (κ3) is 6.67. The van der Waals surface area contributed by atoms with Gasteiger partial charge in [-0.3, -0.25) is 4.79 Å². The van der Waals surface area contributed by atoms with Crippen LogP contribution in [0.15, 0.2) is 48.5 Å². The lowest BCUT2D eigenvalue weighted by Crippen LogP contribution is -2.28. The summed E-state index contributed by atoms with van der Waals surface area (Å²) in [7, 11) is -3.29. The van der Waals surface area contributed by atoms with Gasteiger partial charge in [-0.25, -0.2) is 9.79 Å². The minimum Gasteiger partial charge on any atom is -0.303 e. The maximum absolute atomic E-state index is 12.1. The molecule has 0 aliphatic heterocycles. The SMILES string of the molecule is C[C@H](NCC(=O)C[P+](O)(O)Cc1ccccc1)c1ccc(Cl)c(Cl)c1. The summed E-state index contributed by atoms with van der Waals surface area (Å²) in [4.78, 5) is 32.5. The van der Waals surface area contributed by atoms with E-state index in [1.165, 1.54) is 0 Å². The summed E-state index contributed by atoms with van der Waals surface area (Å²) < 4.78 is 0. The maximum Gasteiger partial charge on any atom is 0.279 e. The average Bonchev–Trinajstić information content (AvgIpc) is 2.55. The van der Waals surface area contributed by atoms with Crippen LogP contribution in [-0.4, -0.2) is 28.3 Å². The summed E-state index contributed by atoms with van der Waals surface area (Å²) in [5.41, 5.74) is 1.71. The second-order valence-electron chi connectivity index (χ2n) is 6.00. The zero-order valence-electron chi connectivity index (χ0n) is 13.8. The smallest absolute Gasteiger partial charge is 0.279 e. The van der Waals surface area contributed by atoms with Crippen molar-refractivity contribution in [1.29, 1.82) is 0 Å². The Balaban J connectivity index is 1.85. The fourth-order valence-electron chi connectivity index (χ4n) is 2.44. The number of halogens is 2. The molecular formula is C18H21Cl2NO3P+. The molecule has 0 amide bonds. The second kappa shape index (κ2) is 9.09. The van der Waals surface area contributed by atoms with Crippen LogP contribution in [0.1, 0.15) is 24.1 Å². The van der Waals surface area contributed by atoms with E-state index < -0.39 is 7.72 Å². The van der Waals surface area contributed by atoms with Crippen LogP contribution in [0.2, 0.25) is 10.0 Å². The first-order valence-electron chi connectivity index (χ1n) is 7.83. The normalized spacial score (nSPS) is 12.8. The van der Waals surface area contributed by atoms with E-state index in [1.54, 1.807) is 12.1 Å². The van der Waals surface area contributed by atoms with E-state index in [0.29, 0.717) is 10.0 Å². The Morgan fingerprint density at radius 1 is 1.12 bits per heavy atom. The maximum atomic E-state index is 12.1. The number of carbonyl (C=O) groups is 1. The molecule has 0 heterocycles. The molecule has 3 N–H and O–H groups in total. The quantitative estimate of drug-likeness (QED) is 0.579. The zero-order valence-corrected chi connectivity index (χ0v) is 16.2. The molecule has 0 unspecified atom stereocenters. The first-order valence-corrected chi connectivity index (χ1v) is 10.7. The van der Waals surface area contributed by atoms with Gasteiger partial charge in [0.25, 0.3) is 7.72 Å². The van der Waals surface area contributed by atoms with Crippen LogP contribution in [0, 0.1) is 0 Å². The van der Waals surface area contributed by atoms with E-state index in [2.05, 4.69) is 5.32 Å². The molecule has 0 bridgehead atoms. The molecular weight excluding hydrogens is 380 g/mol. The molecule has 0 fully saturated rings. The fourth-order valence-corrected chi connectivity index (χ4v) is 4.33. The summed E-state index contributed by atoms with van der Waals surface area (Å²) in [5.74, 6) is -0.235. The molecule has 4 nitrogen and oxygen atoms in total. The number of benzene rings is 2. The minimum atomic E-state index is -3.29. The minimum absolute atomic E-state index is 0.0546. The van der Waals surface area contributed by atoms with Gasteiger partial charge in [-0.15, -0.1) is 0 Å². The Morgan fingerprint density at radius 2 is 1.80 bits per heavy atom.